The van der Waals surface area contributed by atoms with Gasteiger partial charge in [0.2, 0.25) is 5.91 Å². The van der Waals surface area contributed by atoms with Gasteiger partial charge in [-0.25, -0.2) is 0 Å². The van der Waals surface area contributed by atoms with Gasteiger partial charge in [0.05, 0.1) is 11.6 Å². The van der Waals surface area contributed by atoms with Crippen molar-refractivity contribution in [2.75, 3.05) is 6.54 Å². The Bertz CT molecular complexity index is 536. The minimum Gasteiger partial charge on any atom is -0.481 e. The highest BCUT2D eigenvalue weighted by molar-refractivity contribution is 5.86. The molecule has 1 aromatic heterocycles. The van der Waals surface area contributed by atoms with Gasteiger partial charge in [0.15, 0.2) is 0 Å². The molecule has 0 aliphatic carbocycles. The number of nitrogens with zero attached hydrogens (tertiary/aromatic N) is 3. The first-order valence-corrected chi connectivity index (χ1v) is 6.97. The Kier molecular flexibility index (Phi) is 4.11. The molecule has 0 aromatic carbocycles. The SMILES string of the molecule is CCCn1nc(C)c(CN2C[C@H](C(=O)O)CC2=O)c1C. The third kappa shape index (κ3) is 2.69. The fourth-order valence-corrected chi connectivity index (χ4v) is 2.67. The summed E-state index contributed by atoms with van der Waals surface area (Å²) < 4.78 is 1.96. The van der Waals surface area contributed by atoms with Crippen molar-refractivity contribution in [3.05, 3.63) is 17.0 Å². The molecule has 0 radical (unpaired) electrons. The van der Waals surface area contributed by atoms with E-state index < -0.39 is 11.9 Å². The molecule has 2 heterocycles. The molecule has 1 saturated heterocycles. The highest BCUT2D eigenvalue weighted by Gasteiger charge is 2.34. The van der Waals surface area contributed by atoms with Gasteiger partial charge < -0.3 is 10.0 Å². The van der Waals surface area contributed by atoms with Crippen LogP contribution in [0.1, 0.15) is 36.7 Å². The Morgan fingerprint density at radius 2 is 2.15 bits per heavy atom. The molecule has 110 valence electrons. The number of carbonyl (C=O) groups excluding carboxylic acids is 1. The molecule has 0 spiro atoms. The van der Waals surface area contributed by atoms with Gasteiger partial charge in [0.25, 0.3) is 0 Å². The maximum atomic E-state index is 11.9. The summed E-state index contributed by atoms with van der Waals surface area (Å²) in [6.07, 6.45) is 1.11. The molecule has 6 nitrogen and oxygen atoms in total. The van der Waals surface area contributed by atoms with Gasteiger partial charge in [0, 0.05) is 37.3 Å². The van der Waals surface area contributed by atoms with Crippen molar-refractivity contribution in [3.8, 4) is 0 Å². The molecule has 1 aliphatic heterocycles. The molecular weight excluding hydrogens is 258 g/mol. The lowest BCUT2D eigenvalue weighted by Gasteiger charge is -2.16. The molecule has 0 saturated carbocycles. The van der Waals surface area contributed by atoms with Crippen molar-refractivity contribution in [2.24, 2.45) is 5.92 Å². The molecule has 1 N–H and O–H groups in total. The zero-order chi connectivity index (χ0) is 14.9. The van der Waals surface area contributed by atoms with Crippen molar-refractivity contribution in [1.82, 2.24) is 14.7 Å². The number of aromatic nitrogens is 2. The number of aryl methyl sites for hydroxylation is 2. The normalized spacial score (nSPS) is 18.9. The smallest absolute Gasteiger partial charge is 0.308 e. The van der Waals surface area contributed by atoms with E-state index in [1.165, 1.54) is 0 Å². The molecule has 0 bridgehead atoms. The summed E-state index contributed by atoms with van der Waals surface area (Å²) in [6.45, 7) is 7.65. The highest BCUT2D eigenvalue weighted by Crippen LogP contribution is 2.23. The van der Waals surface area contributed by atoms with E-state index in [1.54, 1.807) is 4.90 Å². The van der Waals surface area contributed by atoms with Crippen LogP contribution in [-0.2, 0) is 22.7 Å². The maximum Gasteiger partial charge on any atom is 0.308 e. The van der Waals surface area contributed by atoms with Crippen LogP contribution in [0.3, 0.4) is 0 Å². The maximum absolute atomic E-state index is 11.9. The summed E-state index contributed by atoms with van der Waals surface area (Å²) in [6, 6.07) is 0. The van der Waals surface area contributed by atoms with E-state index in [0.29, 0.717) is 13.1 Å². The molecule has 1 aliphatic rings. The first kappa shape index (κ1) is 14.6. The van der Waals surface area contributed by atoms with Gasteiger partial charge in [-0.1, -0.05) is 6.92 Å². The van der Waals surface area contributed by atoms with Gasteiger partial charge >= 0.3 is 5.97 Å². The van der Waals surface area contributed by atoms with Crippen molar-refractivity contribution in [1.29, 1.82) is 0 Å². The summed E-state index contributed by atoms with van der Waals surface area (Å²) in [5.41, 5.74) is 3.02. The molecule has 2 rings (SSSR count). The second-order valence-corrected chi connectivity index (χ2v) is 5.39. The molecule has 1 atom stereocenters. The Hall–Kier alpha value is -1.85. The van der Waals surface area contributed by atoms with E-state index in [4.69, 9.17) is 5.11 Å². The summed E-state index contributed by atoms with van der Waals surface area (Å²) in [7, 11) is 0. The number of carboxylic acids is 1. The second-order valence-electron chi connectivity index (χ2n) is 5.39. The third-order valence-electron chi connectivity index (χ3n) is 3.88. The van der Waals surface area contributed by atoms with E-state index in [1.807, 2.05) is 18.5 Å². The fourth-order valence-electron chi connectivity index (χ4n) is 2.67. The van der Waals surface area contributed by atoms with Crippen LogP contribution in [0, 0.1) is 19.8 Å². The van der Waals surface area contributed by atoms with Gasteiger partial charge in [-0.15, -0.1) is 0 Å². The Balaban J connectivity index is 2.14. The second kappa shape index (κ2) is 5.64. The number of carbonyl (C=O) groups is 2. The van der Waals surface area contributed by atoms with Crippen LogP contribution in [0.5, 0.6) is 0 Å². The number of hydrogen-bond acceptors (Lipinski definition) is 3. The summed E-state index contributed by atoms with van der Waals surface area (Å²) in [5, 5.41) is 13.5. The van der Waals surface area contributed by atoms with Crippen LogP contribution >= 0.6 is 0 Å². The monoisotopic (exact) mass is 279 g/mol. The first-order chi connectivity index (χ1) is 9.43. The van der Waals surface area contributed by atoms with Crippen molar-refractivity contribution in [3.63, 3.8) is 0 Å². The minimum atomic E-state index is -0.893. The van der Waals surface area contributed by atoms with Gasteiger partial charge in [-0.3, -0.25) is 14.3 Å². The van der Waals surface area contributed by atoms with E-state index >= 15 is 0 Å². The lowest BCUT2D eigenvalue weighted by atomic mass is 10.1. The molecule has 0 unspecified atom stereocenters. The number of aliphatic carboxylic acids is 1. The Morgan fingerprint density at radius 3 is 2.70 bits per heavy atom. The number of likely N-dealkylation sites (tertiary alicyclic amines) is 1. The van der Waals surface area contributed by atoms with Crippen molar-refractivity contribution >= 4 is 11.9 Å². The average molecular weight is 279 g/mol. The minimum absolute atomic E-state index is 0.0839. The third-order valence-corrected chi connectivity index (χ3v) is 3.88. The van der Waals surface area contributed by atoms with Crippen LogP contribution < -0.4 is 0 Å². The zero-order valence-electron chi connectivity index (χ0n) is 12.2. The first-order valence-electron chi connectivity index (χ1n) is 6.97. The largest absolute Gasteiger partial charge is 0.481 e. The van der Waals surface area contributed by atoms with Gasteiger partial charge in [-0.2, -0.15) is 5.10 Å². The van der Waals surface area contributed by atoms with Crippen LogP contribution in [-0.4, -0.2) is 38.2 Å². The summed E-state index contributed by atoms with van der Waals surface area (Å²) in [4.78, 5) is 24.5. The molecule has 1 fully saturated rings. The van der Waals surface area contributed by atoms with Crippen molar-refractivity contribution in [2.45, 2.75) is 46.7 Å². The Labute approximate surface area is 118 Å². The topological polar surface area (TPSA) is 75.4 Å². The lowest BCUT2D eigenvalue weighted by Crippen LogP contribution is -2.26. The highest BCUT2D eigenvalue weighted by atomic mass is 16.4. The van der Waals surface area contributed by atoms with Crippen LogP contribution in [0.2, 0.25) is 0 Å². The van der Waals surface area contributed by atoms with E-state index in [9.17, 15) is 9.59 Å². The van der Waals surface area contributed by atoms with Crippen LogP contribution in [0.25, 0.3) is 0 Å². The summed E-state index contributed by atoms with van der Waals surface area (Å²) in [5.74, 6) is -1.55. The average Bonchev–Trinajstić information content (AvgIpc) is 2.87. The lowest BCUT2D eigenvalue weighted by molar-refractivity contribution is -0.141. The molecular formula is C14H21N3O3. The number of amides is 1. The van der Waals surface area contributed by atoms with Gasteiger partial charge in [0.1, 0.15) is 0 Å². The van der Waals surface area contributed by atoms with Gasteiger partial charge in [-0.05, 0) is 20.3 Å². The summed E-state index contributed by atoms with van der Waals surface area (Å²) >= 11 is 0. The predicted octanol–water partition coefficient (Wildman–Crippen LogP) is 1.34. The molecule has 1 aromatic rings. The quantitative estimate of drug-likeness (QED) is 0.882. The standard InChI is InChI=1S/C14H21N3O3/c1-4-5-17-10(3)12(9(2)15-17)8-16-7-11(14(19)20)6-13(16)18/h11H,4-8H2,1-3H3,(H,19,20)/t11-/m1/s1. The zero-order valence-corrected chi connectivity index (χ0v) is 12.2. The number of rotatable bonds is 5. The molecule has 6 heteroatoms. The van der Waals surface area contributed by atoms with Crippen molar-refractivity contribution < 1.29 is 14.7 Å². The molecule has 1 amide bonds. The van der Waals surface area contributed by atoms with Crippen LogP contribution in [0.15, 0.2) is 0 Å². The van der Waals surface area contributed by atoms with Crippen LogP contribution in [0.4, 0.5) is 0 Å². The Morgan fingerprint density at radius 1 is 1.45 bits per heavy atom. The molecule has 20 heavy (non-hydrogen) atoms. The number of carboxylic acid groups (broad SMARTS) is 1. The van der Waals surface area contributed by atoms with E-state index in [0.717, 1.165) is 29.9 Å². The number of hydrogen-bond donors (Lipinski definition) is 1. The predicted molar refractivity (Wildman–Crippen MR) is 73.2 cm³/mol. The fraction of sp³-hybridized carbons (Fsp3) is 0.643. The van der Waals surface area contributed by atoms with E-state index in [2.05, 4.69) is 12.0 Å². The van der Waals surface area contributed by atoms with E-state index in [-0.39, 0.29) is 12.3 Å².